The second-order valence-electron chi connectivity index (χ2n) is 8.05. The Morgan fingerprint density at radius 3 is 2.45 bits per heavy atom. The minimum absolute atomic E-state index is 0.157. The smallest absolute Gasteiger partial charge is 0.409 e. The molecule has 1 saturated carbocycles. The number of nitrogens with one attached hydrogen (secondary N) is 2. The number of carbonyl (C=O) groups excluding carboxylic acids is 3. The molecule has 1 saturated heterocycles. The number of hydrogen-bond donors (Lipinski definition) is 3. The Morgan fingerprint density at radius 2 is 1.87 bits per heavy atom. The summed E-state index contributed by atoms with van der Waals surface area (Å²) in [7, 11) is 1.55. The van der Waals surface area contributed by atoms with Crippen molar-refractivity contribution in [3.63, 3.8) is 0 Å². The quantitative estimate of drug-likeness (QED) is 0.428. The topological polar surface area (TPSA) is 117 Å². The maximum atomic E-state index is 13.7. The van der Waals surface area contributed by atoms with Gasteiger partial charge in [0.15, 0.2) is 6.23 Å². The summed E-state index contributed by atoms with van der Waals surface area (Å²) in [5.74, 6) is -1.92. The summed E-state index contributed by atoms with van der Waals surface area (Å²) in [5, 5.41) is 12.0. The van der Waals surface area contributed by atoms with Gasteiger partial charge in [-0.3, -0.25) is 14.8 Å². The Labute approximate surface area is 182 Å². The summed E-state index contributed by atoms with van der Waals surface area (Å²) in [6.07, 6.45) is 3.19. The lowest BCUT2D eigenvalue weighted by Gasteiger charge is -2.38. The molecule has 0 radical (unpaired) electrons. The molecule has 170 valence electrons. The number of alkyl carbamates (subject to hydrolysis) is 1. The van der Waals surface area contributed by atoms with Crippen molar-refractivity contribution in [3.05, 3.63) is 29.8 Å². The van der Waals surface area contributed by atoms with Crippen LogP contribution in [0, 0.1) is 5.92 Å². The van der Waals surface area contributed by atoms with Gasteiger partial charge in [0, 0.05) is 19.0 Å². The van der Waals surface area contributed by atoms with Crippen molar-refractivity contribution < 1.29 is 29.1 Å². The minimum atomic E-state index is -0.834. The van der Waals surface area contributed by atoms with Crippen LogP contribution in [0.3, 0.4) is 0 Å². The molecule has 3 N–H and O–H groups in total. The summed E-state index contributed by atoms with van der Waals surface area (Å²) < 4.78 is 10.8. The molecule has 1 aliphatic carbocycles. The molecule has 2 aliphatic rings. The molecular weight excluding hydrogens is 402 g/mol. The van der Waals surface area contributed by atoms with E-state index < -0.39 is 30.1 Å². The van der Waals surface area contributed by atoms with Gasteiger partial charge >= 0.3 is 6.09 Å². The Kier molecular flexibility index (Phi) is 7.73. The number of nitrogens with zero attached hydrogens (tertiary/aromatic N) is 1. The third-order valence-corrected chi connectivity index (χ3v) is 5.90. The maximum absolute atomic E-state index is 13.7. The summed E-state index contributed by atoms with van der Waals surface area (Å²) in [4.78, 5) is 39.9. The van der Waals surface area contributed by atoms with E-state index in [0.29, 0.717) is 30.7 Å². The van der Waals surface area contributed by atoms with Crippen LogP contribution in [0.5, 0.6) is 5.75 Å². The van der Waals surface area contributed by atoms with Crippen molar-refractivity contribution in [1.82, 2.24) is 15.7 Å². The number of carbonyl (C=O) groups is 3. The highest BCUT2D eigenvalue weighted by Crippen LogP contribution is 2.33. The number of amides is 3. The van der Waals surface area contributed by atoms with Gasteiger partial charge in [-0.15, -0.1) is 0 Å². The Bertz CT molecular complexity index is 780. The van der Waals surface area contributed by atoms with Gasteiger partial charge in [0.1, 0.15) is 5.75 Å². The average molecular weight is 434 g/mol. The SMILES string of the molecule is CC[C@H](C(=O)NO)[C@H](C(=O)N1CCCC[C@@H]1OC(=O)NC1CC1)c1ccc(OC)cc1. The fraction of sp³-hybridized carbons (Fsp3) is 0.591. The van der Waals surface area contributed by atoms with Gasteiger partial charge in [-0.1, -0.05) is 19.1 Å². The fourth-order valence-electron chi connectivity index (χ4n) is 4.02. The first-order chi connectivity index (χ1) is 15.0. The number of rotatable bonds is 8. The fourth-order valence-corrected chi connectivity index (χ4v) is 4.02. The predicted octanol–water partition coefficient (Wildman–Crippen LogP) is 2.54. The van der Waals surface area contributed by atoms with E-state index in [1.807, 2.05) is 0 Å². The molecule has 3 amide bonds. The van der Waals surface area contributed by atoms with Gasteiger partial charge in [0.2, 0.25) is 11.8 Å². The van der Waals surface area contributed by atoms with Gasteiger partial charge in [-0.25, -0.2) is 10.3 Å². The van der Waals surface area contributed by atoms with E-state index in [4.69, 9.17) is 9.47 Å². The number of benzene rings is 1. The summed E-state index contributed by atoms with van der Waals surface area (Å²) in [5.41, 5.74) is 2.32. The molecule has 0 bridgehead atoms. The number of piperidine rings is 1. The van der Waals surface area contributed by atoms with Crippen LogP contribution < -0.4 is 15.5 Å². The highest BCUT2D eigenvalue weighted by Gasteiger charge is 2.40. The molecule has 9 nitrogen and oxygen atoms in total. The monoisotopic (exact) mass is 433 g/mol. The second-order valence-corrected chi connectivity index (χ2v) is 8.05. The van der Waals surface area contributed by atoms with Crippen LogP contribution in [-0.4, -0.2) is 53.9 Å². The highest BCUT2D eigenvalue weighted by molar-refractivity contribution is 5.91. The molecule has 1 aromatic carbocycles. The molecule has 31 heavy (non-hydrogen) atoms. The third-order valence-electron chi connectivity index (χ3n) is 5.90. The number of likely N-dealkylation sites (tertiary alicyclic amines) is 1. The van der Waals surface area contributed by atoms with Crippen LogP contribution in [0.4, 0.5) is 4.79 Å². The first-order valence-corrected chi connectivity index (χ1v) is 10.8. The summed E-state index contributed by atoms with van der Waals surface area (Å²) in [6.45, 7) is 2.22. The first-order valence-electron chi connectivity index (χ1n) is 10.8. The largest absolute Gasteiger partial charge is 0.497 e. The predicted molar refractivity (Wildman–Crippen MR) is 111 cm³/mol. The molecule has 1 aromatic rings. The Morgan fingerprint density at radius 1 is 1.16 bits per heavy atom. The van der Waals surface area contributed by atoms with E-state index >= 15 is 0 Å². The molecule has 9 heteroatoms. The van der Waals surface area contributed by atoms with Crippen molar-refractivity contribution in [2.24, 2.45) is 5.92 Å². The van der Waals surface area contributed by atoms with Gasteiger partial charge in [0.05, 0.1) is 18.9 Å². The van der Waals surface area contributed by atoms with Gasteiger partial charge in [-0.05, 0) is 49.8 Å². The lowest BCUT2D eigenvalue weighted by molar-refractivity contribution is -0.151. The van der Waals surface area contributed by atoms with Crippen molar-refractivity contribution in [2.75, 3.05) is 13.7 Å². The zero-order chi connectivity index (χ0) is 22.4. The number of hydroxylamine groups is 1. The van der Waals surface area contributed by atoms with Crippen molar-refractivity contribution in [1.29, 1.82) is 0 Å². The Balaban J connectivity index is 1.86. The highest BCUT2D eigenvalue weighted by atomic mass is 16.6. The van der Waals surface area contributed by atoms with Crippen LogP contribution >= 0.6 is 0 Å². The Hall–Kier alpha value is -2.81. The summed E-state index contributed by atoms with van der Waals surface area (Å²) >= 11 is 0. The third kappa shape index (κ3) is 5.66. The molecule has 0 spiro atoms. The molecule has 2 fully saturated rings. The van der Waals surface area contributed by atoms with Crippen LogP contribution in [-0.2, 0) is 14.3 Å². The van der Waals surface area contributed by atoms with Gasteiger partial charge < -0.3 is 19.7 Å². The normalized spacial score (nSPS) is 20.4. The van der Waals surface area contributed by atoms with E-state index in [1.165, 1.54) is 0 Å². The molecule has 0 aromatic heterocycles. The molecular formula is C22H31N3O6. The molecule has 0 unspecified atom stereocenters. The van der Waals surface area contributed by atoms with Gasteiger partial charge in [0.25, 0.3) is 0 Å². The zero-order valence-electron chi connectivity index (χ0n) is 18.0. The van der Waals surface area contributed by atoms with Crippen molar-refractivity contribution >= 4 is 17.9 Å². The summed E-state index contributed by atoms with van der Waals surface area (Å²) in [6, 6.07) is 7.10. The number of hydrogen-bond acceptors (Lipinski definition) is 6. The molecule has 3 rings (SSSR count). The van der Waals surface area contributed by atoms with Crippen molar-refractivity contribution in [3.8, 4) is 5.75 Å². The van der Waals surface area contributed by atoms with E-state index in [1.54, 1.807) is 48.7 Å². The molecule has 1 heterocycles. The van der Waals surface area contributed by atoms with Crippen LogP contribution in [0.1, 0.15) is 56.9 Å². The average Bonchev–Trinajstić information content (AvgIpc) is 3.60. The van der Waals surface area contributed by atoms with Crippen LogP contribution in [0.25, 0.3) is 0 Å². The lowest BCUT2D eigenvalue weighted by atomic mass is 9.82. The van der Waals surface area contributed by atoms with Crippen molar-refractivity contribution in [2.45, 2.75) is 63.6 Å². The number of ether oxygens (including phenoxy) is 2. The van der Waals surface area contributed by atoms with Gasteiger partial charge in [-0.2, -0.15) is 0 Å². The lowest BCUT2D eigenvalue weighted by Crippen LogP contribution is -2.51. The first kappa shape index (κ1) is 22.9. The van der Waals surface area contributed by atoms with E-state index in [-0.39, 0.29) is 11.9 Å². The maximum Gasteiger partial charge on any atom is 0.409 e. The zero-order valence-corrected chi connectivity index (χ0v) is 18.0. The van der Waals surface area contributed by atoms with E-state index in [9.17, 15) is 19.6 Å². The molecule has 3 atom stereocenters. The number of methoxy groups -OCH3 is 1. The molecule has 1 aliphatic heterocycles. The van der Waals surface area contributed by atoms with E-state index in [0.717, 1.165) is 25.7 Å². The minimum Gasteiger partial charge on any atom is -0.497 e. The van der Waals surface area contributed by atoms with Crippen LogP contribution in [0.2, 0.25) is 0 Å². The van der Waals surface area contributed by atoms with E-state index in [2.05, 4.69) is 5.32 Å². The standard InChI is InChI=1S/C22H31N3O6/c1-3-17(20(26)24-29)19(14-7-11-16(30-2)12-8-14)21(27)25-13-5-4-6-18(25)31-22(28)23-15-9-10-15/h7-8,11-12,15,17-19,29H,3-6,9-10,13H2,1-2H3,(H,23,28)(H,24,26)/t17-,18-,19+/m0/s1. The van der Waals surface area contributed by atoms with Crippen LogP contribution in [0.15, 0.2) is 24.3 Å². The second kappa shape index (κ2) is 10.5.